The van der Waals surface area contributed by atoms with Crippen LogP contribution in [0, 0.1) is 0 Å². The van der Waals surface area contributed by atoms with Crippen LogP contribution in [-0.2, 0) is 0 Å². The second kappa shape index (κ2) is 6.71. The second-order valence-corrected chi connectivity index (χ2v) is 5.28. The fourth-order valence-electron chi connectivity index (χ4n) is 2.18. The van der Waals surface area contributed by atoms with E-state index in [1.165, 1.54) is 19.3 Å². The molecule has 0 aliphatic carbocycles. The van der Waals surface area contributed by atoms with Gasteiger partial charge in [-0.05, 0) is 13.3 Å². The van der Waals surface area contributed by atoms with Gasteiger partial charge < -0.3 is 5.32 Å². The number of nitrogens with one attached hydrogen (secondary N) is 1. The van der Waals surface area contributed by atoms with E-state index in [0.717, 1.165) is 23.0 Å². The molecule has 1 aromatic carbocycles. The van der Waals surface area contributed by atoms with E-state index >= 15 is 0 Å². The number of halogens is 1. The van der Waals surface area contributed by atoms with Crippen LogP contribution in [0.1, 0.15) is 39.5 Å². The standard InChI is InChI=1S/C15H20ClN3/c1-3-4-5-8-11(2)17-15-13-10-7-6-9-12(13)14(16)18-19-15/h6-7,9-11H,3-5,8H2,1-2H3,(H,17,19). The Kier molecular flexibility index (Phi) is 4.97. The molecular formula is C15H20ClN3. The maximum atomic E-state index is 6.07. The molecule has 1 aromatic heterocycles. The number of aromatic nitrogens is 2. The monoisotopic (exact) mass is 277 g/mol. The summed E-state index contributed by atoms with van der Waals surface area (Å²) in [6.07, 6.45) is 4.91. The van der Waals surface area contributed by atoms with Crippen molar-refractivity contribution >= 4 is 28.2 Å². The molecule has 1 atom stereocenters. The first-order valence-corrected chi connectivity index (χ1v) is 7.27. The topological polar surface area (TPSA) is 37.8 Å². The highest BCUT2D eigenvalue weighted by Gasteiger charge is 2.09. The molecule has 2 aromatic rings. The third-order valence-electron chi connectivity index (χ3n) is 3.27. The predicted octanol–water partition coefficient (Wildman–Crippen LogP) is 4.66. The van der Waals surface area contributed by atoms with Gasteiger partial charge in [-0.1, -0.05) is 62.1 Å². The summed E-state index contributed by atoms with van der Waals surface area (Å²) in [7, 11) is 0. The van der Waals surface area contributed by atoms with Crippen molar-refractivity contribution in [2.75, 3.05) is 5.32 Å². The summed E-state index contributed by atoms with van der Waals surface area (Å²) in [6.45, 7) is 4.40. The molecule has 1 N–H and O–H groups in total. The second-order valence-electron chi connectivity index (χ2n) is 4.93. The maximum absolute atomic E-state index is 6.07. The van der Waals surface area contributed by atoms with Gasteiger partial charge >= 0.3 is 0 Å². The molecule has 0 aliphatic rings. The highest BCUT2D eigenvalue weighted by Crippen LogP contribution is 2.26. The minimum Gasteiger partial charge on any atom is -0.366 e. The van der Waals surface area contributed by atoms with Gasteiger partial charge in [0, 0.05) is 16.8 Å². The molecule has 102 valence electrons. The van der Waals surface area contributed by atoms with Crippen molar-refractivity contribution in [1.29, 1.82) is 0 Å². The Morgan fingerprint density at radius 1 is 1.16 bits per heavy atom. The van der Waals surface area contributed by atoms with E-state index in [-0.39, 0.29) is 0 Å². The Labute approximate surface area is 119 Å². The van der Waals surface area contributed by atoms with Crippen molar-refractivity contribution in [2.45, 2.75) is 45.6 Å². The van der Waals surface area contributed by atoms with Gasteiger partial charge in [-0.2, -0.15) is 0 Å². The maximum Gasteiger partial charge on any atom is 0.159 e. The number of benzene rings is 1. The fraction of sp³-hybridized carbons (Fsp3) is 0.467. The van der Waals surface area contributed by atoms with E-state index in [9.17, 15) is 0 Å². The first kappa shape index (κ1) is 14.1. The molecule has 0 amide bonds. The third-order valence-corrected chi connectivity index (χ3v) is 3.55. The zero-order valence-electron chi connectivity index (χ0n) is 11.5. The lowest BCUT2D eigenvalue weighted by atomic mass is 10.1. The van der Waals surface area contributed by atoms with E-state index in [1.54, 1.807) is 0 Å². The van der Waals surface area contributed by atoms with Crippen molar-refractivity contribution in [3.8, 4) is 0 Å². The van der Waals surface area contributed by atoms with Crippen LogP contribution < -0.4 is 5.32 Å². The van der Waals surface area contributed by atoms with Crippen molar-refractivity contribution < 1.29 is 0 Å². The lowest BCUT2D eigenvalue weighted by molar-refractivity contribution is 0.613. The van der Waals surface area contributed by atoms with E-state index in [0.29, 0.717) is 11.2 Å². The Hall–Kier alpha value is -1.35. The zero-order valence-corrected chi connectivity index (χ0v) is 12.2. The van der Waals surface area contributed by atoms with Crippen molar-refractivity contribution in [1.82, 2.24) is 10.2 Å². The molecule has 0 saturated carbocycles. The molecule has 0 spiro atoms. The number of anilines is 1. The average Bonchev–Trinajstić information content (AvgIpc) is 2.43. The highest BCUT2D eigenvalue weighted by molar-refractivity contribution is 6.34. The van der Waals surface area contributed by atoms with Gasteiger partial charge in [0.15, 0.2) is 11.0 Å². The minimum absolute atomic E-state index is 0.394. The average molecular weight is 278 g/mol. The van der Waals surface area contributed by atoms with Crippen LogP contribution in [0.5, 0.6) is 0 Å². The summed E-state index contributed by atoms with van der Waals surface area (Å²) in [6, 6.07) is 8.35. The van der Waals surface area contributed by atoms with Gasteiger partial charge in [-0.3, -0.25) is 0 Å². The molecular weight excluding hydrogens is 258 g/mol. The molecule has 1 unspecified atom stereocenters. The molecule has 2 rings (SSSR count). The molecule has 0 aliphatic heterocycles. The lowest BCUT2D eigenvalue weighted by Gasteiger charge is -2.15. The van der Waals surface area contributed by atoms with Gasteiger partial charge in [0.2, 0.25) is 0 Å². The molecule has 3 nitrogen and oxygen atoms in total. The fourth-order valence-corrected chi connectivity index (χ4v) is 2.39. The van der Waals surface area contributed by atoms with Crippen LogP contribution in [0.4, 0.5) is 5.82 Å². The van der Waals surface area contributed by atoms with Gasteiger partial charge in [0.1, 0.15) is 0 Å². The molecule has 0 bridgehead atoms. The van der Waals surface area contributed by atoms with Crippen molar-refractivity contribution in [3.05, 3.63) is 29.4 Å². The van der Waals surface area contributed by atoms with Gasteiger partial charge in [0.05, 0.1) is 0 Å². The summed E-state index contributed by atoms with van der Waals surface area (Å²) in [5, 5.41) is 14.1. The molecule has 0 radical (unpaired) electrons. The Bertz CT molecular complexity index is 542. The summed E-state index contributed by atoms with van der Waals surface area (Å²) in [5.41, 5.74) is 0. The van der Waals surface area contributed by atoms with Crippen LogP contribution in [0.2, 0.25) is 5.15 Å². The first-order valence-electron chi connectivity index (χ1n) is 6.89. The van der Waals surface area contributed by atoms with E-state index in [2.05, 4.69) is 29.4 Å². The highest BCUT2D eigenvalue weighted by atomic mass is 35.5. The summed E-state index contributed by atoms with van der Waals surface area (Å²) < 4.78 is 0. The number of unbranched alkanes of at least 4 members (excludes halogenated alkanes) is 2. The van der Waals surface area contributed by atoms with Crippen molar-refractivity contribution in [2.24, 2.45) is 0 Å². The van der Waals surface area contributed by atoms with Gasteiger partial charge in [0.25, 0.3) is 0 Å². The third kappa shape index (κ3) is 3.57. The molecule has 0 saturated heterocycles. The van der Waals surface area contributed by atoms with Crippen LogP contribution >= 0.6 is 11.6 Å². The smallest absolute Gasteiger partial charge is 0.159 e. The SMILES string of the molecule is CCCCCC(C)Nc1nnc(Cl)c2ccccc12. The minimum atomic E-state index is 0.394. The Morgan fingerprint density at radius 2 is 1.89 bits per heavy atom. The van der Waals surface area contributed by atoms with Gasteiger partial charge in [-0.15, -0.1) is 10.2 Å². The van der Waals surface area contributed by atoms with E-state index < -0.39 is 0 Å². The van der Waals surface area contributed by atoms with Crippen LogP contribution in [0.3, 0.4) is 0 Å². The largest absolute Gasteiger partial charge is 0.366 e. The normalized spacial score (nSPS) is 12.6. The number of nitrogens with zero attached hydrogens (tertiary/aromatic N) is 2. The molecule has 0 fully saturated rings. The summed E-state index contributed by atoms with van der Waals surface area (Å²) in [5.74, 6) is 0.823. The molecule has 4 heteroatoms. The van der Waals surface area contributed by atoms with E-state index in [4.69, 9.17) is 11.6 Å². The summed E-state index contributed by atoms with van der Waals surface area (Å²) >= 11 is 6.07. The lowest BCUT2D eigenvalue weighted by Crippen LogP contribution is -2.16. The number of hydrogen-bond acceptors (Lipinski definition) is 3. The summed E-state index contributed by atoms with van der Waals surface area (Å²) in [4.78, 5) is 0. The Morgan fingerprint density at radius 3 is 2.63 bits per heavy atom. The molecule has 19 heavy (non-hydrogen) atoms. The van der Waals surface area contributed by atoms with Crippen LogP contribution in [0.25, 0.3) is 10.8 Å². The van der Waals surface area contributed by atoms with Crippen molar-refractivity contribution in [3.63, 3.8) is 0 Å². The Balaban J connectivity index is 2.14. The van der Waals surface area contributed by atoms with Crippen LogP contribution in [0.15, 0.2) is 24.3 Å². The number of fused-ring (bicyclic) bond motifs is 1. The predicted molar refractivity (Wildman–Crippen MR) is 81.8 cm³/mol. The van der Waals surface area contributed by atoms with E-state index in [1.807, 2.05) is 24.3 Å². The first-order chi connectivity index (χ1) is 9.22. The zero-order chi connectivity index (χ0) is 13.7. The number of rotatable bonds is 6. The van der Waals surface area contributed by atoms with Crippen LogP contribution in [-0.4, -0.2) is 16.2 Å². The van der Waals surface area contributed by atoms with Gasteiger partial charge in [-0.25, -0.2) is 0 Å². The molecule has 1 heterocycles. The quantitative estimate of drug-likeness (QED) is 0.780. The number of hydrogen-bond donors (Lipinski definition) is 1.